The molecule has 6 N–H and O–H groups in total. The molecule has 4 saturated carbocycles. The van der Waals surface area contributed by atoms with E-state index in [1.807, 2.05) is 13.8 Å². The van der Waals surface area contributed by atoms with Gasteiger partial charge in [0.15, 0.2) is 0 Å². The number of alkyl halides is 12. The summed E-state index contributed by atoms with van der Waals surface area (Å²) in [5.74, 6) is 3.18. The molecule has 0 amide bonds. The number of fused-ring (bicyclic) bond motifs is 2. The number of aliphatic hydroxyl groups excluding tert-OH is 2. The Kier molecular flexibility index (Phi) is 20.7. The lowest BCUT2D eigenvalue weighted by molar-refractivity contribution is -0.347. The van der Waals surface area contributed by atoms with E-state index in [4.69, 9.17) is 4.74 Å². The van der Waals surface area contributed by atoms with Crippen molar-refractivity contribution in [3.8, 4) is 11.8 Å². The van der Waals surface area contributed by atoms with Crippen LogP contribution in [0.2, 0.25) is 0 Å². The van der Waals surface area contributed by atoms with Crippen molar-refractivity contribution in [2.24, 2.45) is 45.3 Å². The lowest BCUT2D eigenvalue weighted by Crippen LogP contribution is -2.55. The van der Waals surface area contributed by atoms with Gasteiger partial charge in [-0.25, -0.2) is 0 Å². The Morgan fingerprint density at radius 3 is 1.28 bits per heavy atom. The fourth-order valence-electron chi connectivity index (χ4n) is 13.3. The van der Waals surface area contributed by atoms with Crippen molar-refractivity contribution < 1.29 is 88.1 Å². The maximum atomic E-state index is 13.1. The maximum Gasteiger partial charge on any atom is 0.438 e. The molecule has 0 spiro atoms. The first kappa shape index (κ1) is 63.5. The normalized spacial score (nSPS) is 30.7. The minimum Gasteiger partial charge on any atom is -0.393 e. The molecule has 1 aliphatic heterocycles. The maximum absolute atomic E-state index is 13.1. The Morgan fingerprint density at radius 1 is 0.535 bits per heavy atom. The third kappa shape index (κ3) is 15.4. The number of ether oxygens (including phenoxy) is 1. The van der Waals surface area contributed by atoms with Crippen LogP contribution < -0.4 is 0 Å². The van der Waals surface area contributed by atoms with Gasteiger partial charge in [-0.2, -0.15) is 52.7 Å². The zero-order valence-corrected chi connectivity index (χ0v) is 42.8. The van der Waals surface area contributed by atoms with E-state index in [9.17, 15) is 83.3 Å². The smallest absolute Gasteiger partial charge is 0.393 e. The van der Waals surface area contributed by atoms with Gasteiger partial charge in [0.2, 0.25) is 0 Å². The second-order valence-electron chi connectivity index (χ2n) is 23.9. The molecule has 0 bridgehead atoms. The van der Waals surface area contributed by atoms with E-state index in [0.29, 0.717) is 57.8 Å². The topological polar surface area (TPSA) is 131 Å². The molecule has 19 heteroatoms. The van der Waals surface area contributed by atoms with Crippen LogP contribution in [0.25, 0.3) is 0 Å². The van der Waals surface area contributed by atoms with E-state index in [-0.39, 0.29) is 53.4 Å². The van der Waals surface area contributed by atoms with E-state index >= 15 is 0 Å². The van der Waals surface area contributed by atoms with Gasteiger partial charge in [0.25, 0.3) is 5.60 Å². The number of allylic oxidation sites excluding steroid dienone is 1. The molecular weight excluding hydrogens is 965 g/mol. The monoisotopic (exact) mass is 1050 g/mol. The van der Waals surface area contributed by atoms with E-state index < -0.39 is 70.1 Å². The van der Waals surface area contributed by atoms with Crippen LogP contribution in [0.15, 0.2) is 12.2 Å². The second kappa shape index (κ2) is 23.2. The van der Waals surface area contributed by atoms with Crippen LogP contribution in [-0.4, -0.2) is 103 Å². The van der Waals surface area contributed by atoms with Crippen LogP contribution in [0.5, 0.6) is 0 Å². The molecule has 71 heavy (non-hydrogen) atoms. The van der Waals surface area contributed by atoms with Gasteiger partial charge in [-0.3, -0.25) is 0 Å². The van der Waals surface area contributed by atoms with E-state index in [0.717, 1.165) is 70.2 Å². The Labute approximate surface area is 413 Å². The van der Waals surface area contributed by atoms with Crippen LogP contribution in [0.3, 0.4) is 0 Å². The molecule has 1 heterocycles. The molecule has 0 aromatic heterocycles. The largest absolute Gasteiger partial charge is 0.438 e. The lowest BCUT2D eigenvalue weighted by Gasteiger charge is -2.50. The van der Waals surface area contributed by atoms with E-state index in [1.54, 1.807) is 27.7 Å². The minimum absolute atomic E-state index is 0.0127. The number of aliphatic hydroxyl groups is 6. The highest BCUT2D eigenvalue weighted by molar-refractivity contribution is 5.22. The van der Waals surface area contributed by atoms with Crippen molar-refractivity contribution in [2.45, 2.75) is 243 Å². The summed E-state index contributed by atoms with van der Waals surface area (Å²) in [7, 11) is 0. The van der Waals surface area contributed by atoms with Gasteiger partial charge in [0.05, 0.1) is 23.4 Å². The average Bonchev–Trinajstić information content (AvgIpc) is 3.97. The standard InChI is InChI=1S/C24H38F6O3.C24H36F6O3.C4H8O/c2*1-19(2,32)11-6-12-20(3,13-7-15-22(33,23(25,26)27)24(28,29)30)18-10-9-16-17(31)8-5-14-21(16,18)4;1-2-4-5-3-1/h7,15-18,31-33H,5-6,8-14H2,1-4H3;16-18,31-33H,5-6,8-14H2,1-4H3;1-4H2/b15-7+;;/t2*16?,17-,18+,20?,21-;/m00./s1. The molecule has 5 aliphatic rings. The molecule has 416 valence electrons. The predicted octanol–water partition coefficient (Wildman–Crippen LogP) is 12.9. The van der Waals surface area contributed by atoms with Crippen LogP contribution in [0.1, 0.15) is 184 Å². The summed E-state index contributed by atoms with van der Waals surface area (Å²) in [5.41, 5.74) is -13.8. The quantitative estimate of drug-likeness (QED) is 0.0580. The molecule has 0 aromatic carbocycles. The molecule has 4 unspecified atom stereocenters. The fraction of sp³-hybridized carbons (Fsp3) is 0.923. The summed E-state index contributed by atoms with van der Waals surface area (Å²) in [6.07, 6.45) is -11.3. The van der Waals surface area contributed by atoms with Crippen molar-refractivity contribution in [1.82, 2.24) is 0 Å². The molecule has 5 rings (SSSR count). The molecule has 1 saturated heterocycles. The van der Waals surface area contributed by atoms with Crippen LogP contribution >= 0.6 is 0 Å². The summed E-state index contributed by atoms with van der Waals surface area (Å²) < 4.78 is 162. The third-order valence-corrected chi connectivity index (χ3v) is 17.2. The Bertz CT molecular complexity index is 1730. The number of halogens is 12. The van der Waals surface area contributed by atoms with Crippen LogP contribution in [-0.2, 0) is 4.74 Å². The predicted molar refractivity (Wildman–Crippen MR) is 245 cm³/mol. The molecular formula is C52H82F12O7. The number of hydrogen-bond acceptors (Lipinski definition) is 7. The van der Waals surface area contributed by atoms with Gasteiger partial charge >= 0.3 is 30.3 Å². The van der Waals surface area contributed by atoms with Gasteiger partial charge < -0.3 is 35.4 Å². The summed E-state index contributed by atoms with van der Waals surface area (Å²) in [6.45, 7) is 16.4. The van der Waals surface area contributed by atoms with Crippen molar-refractivity contribution in [3.63, 3.8) is 0 Å². The highest BCUT2D eigenvalue weighted by Gasteiger charge is 2.71. The molecule has 7 nitrogen and oxygen atoms in total. The molecule has 4 aliphatic carbocycles. The highest BCUT2D eigenvalue weighted by Crippen LogP contribution is 2.64. The van der Waals surface area contributed by atoms with E-state index in [2.05, 4.69) is 19.8 Å². The van der Waals surface area contributed by atoms with Gasteiger partial charge in [-0.05, 0) is 181 Å². The zero-order chi connectivity index (χ0) is 54.6. The van der Waals surface area contributed by atoms with Crippen LogP contribution in [0.4, 0.5) is 52.7 Å². The summed E-state index contributed by atoms with van der Waals surface area (Å²) in [6, 6.07) is 0. The number of hydrogen-bond donors (Lipinski definition) is 6. The van der Waals surface area contributed by atoms with Crippen molar-refractivity contribution in [3.05, 3.63) is 12.2 Å². The summed E-state index contributed by atoms with van der Waals surface area (Å²) in [5, 5.41) is 60.1. The van der Waals surface area contributed by atoms with Gasteiger partial charge in [0, 0.05) is 19.6 Å². The van der Waals surface area contributed by atoms with Gasteiger partial charge in [0.1, 0.15) is 0 Å². The Balaban J connectivity index is 0.000000340. The van der Waals surface area contributed by atoms with Crippen LogP contribution in [0, 0.1) is 57.2 Å². The fourth-order valence-corrected chi connectivity index (χ4v) is 13.3. The molecule has 5 fully saturated rings. The van der Waals surface area contributed by atoms with E-state index in [1.165, 1.54) is 12.8 Å². The SMILES string of the molecule is C1CCOC1.CC(C)(O)CCCC(C)(C/C=C/C(O)(C(F)(F)F)C(F)(F)F)[C@H]1CCC2[C@@H](O)CCC[C@@]21C.CC(C)(O)CCCC(C)(CC#CC(O)(C(F)(F)F)C(F)(F)F)[C@H]1CCC2[C@@H](O)CCC[C@@]21C. The first-order valence-corrected chi connectivity index (χ1v) is 25.3. The molecule has 10 atom stereocenters. The highest BCUT2D eigenvalue weighted by atomic mass is 19.4. The second-order valence-corrected chi connectivity index (χ2v) is 23.9. The molecule has 0 radical (unpaired) electrons. The van der Waals surface area contributed by atoms with Gasteiger partial charge in [-0.1, -0.05) is 65.4 Å². The van der Waals surface area contributed by atoms with Crippen molar-refractivity contribution in [2.75, 3.05) is 13.2 Å². The first-order chi connectivity index (χ1) is 32.0. The average molecular weight is 1050 g/mol. The first-order valence-electron chi connectivity index (χ1n) is 25.3. The van der Waals surface area contributed by atoms with Gasteiger partial charge in [-0.15, -0.1) is 0 Å². The number of rotatable bonds is 14. The minimum atomic E-state index is -5.98. The summed E-state index contributed by atoms with van der Waals surface area (Å²) in [4.78, 5) is 0. The van der Waals surface area contributed by atoms with Crippen molar-refractivity contribution >= 4 is 0 Å². The Hall–Kier alpha value is -1.82. The molecule has 0 aromatic rings. The van der Waals surface area contributed by atoms with Crippen molar-refractivity contribution in [1.29, 1.82) is 0 Å². The third-order valence-electron chi connectivity index (χ3n) is 17.2. The lowest BCUT2D eigenvalue weighted by atomic mass is 9.56. The zero-order valence-electron chi connectivity index (χ0n) is 42.8. The summed E-state index contributed by atoms with van der Waals surface area (Å²) >= 11 is 0. The Morgan fingerprint density at radius 2 is 0.930 bits per heavy atom.